The van der Waals surface area contributed by atoms with Gasteiger partial charge in [-0.2, -0.15) is 0 Å². The van der Waals surface area contributed by atoms with E-state index in [4.69, 9.17) is 24.3 Å². The molecule has 1 unspecified atom stereocenters. The highest BCUT2D eigenvalue weighted by molar-refractivity contribution is 7.47. The number of allylic oxidation sites excluding steroid dienone is 8. The third-order valence-corrected chi connectivity index (χ3v) is 9.21. The van der Waals surface area contributed by atoms with Gasteiger partial charge in [-0.05, 0) is 51.4 Å². The molecular weight excluding hydrogens is 665 g/mol. The second-order valence-electron chi connectivity index (χ2n) is 13.1. The van der Waals surface area contributed by atoms with Gasteiger partial charge < -0.3 is 20.1 Å². The first kappa shape index (κ1) is 49.0. The minimum atomic E-state index is -4.38. The molecule has 0 radical (unpaired) electrons. The zero-order valence-electron chi connectivity index (χ0n) is 32.3. The van der Waals surface area contributed by atoms with Crippen LogP contribution in [0.3, 0.4) is 0 Å². The molecule has 0 fully saturated rings. The van der Waals surface area contributed by atoms with Crippen molar-refractivity contribution in [3.63, 3.8) is 0 Å². The molecule has 0 bridgehead atoms. The minimum Gasteiger partial charge on any atom is -0.462 e. The molecule has 0 heterocycles. The SMILES string of the molecule is CCC=CCC=CCC=CCC=CCCCCC(=O)OC[C@H](COP(=O)(O)OCCN)OC(=O)CCCCCCCCCCCCCCCCC. The Morgan fingerprint density at radius 2 is 1.08 bits per heavy atom. The molecule has 0 aliphatic rings. The number of carbonyl (C=O) groups is 2. The minimum absolute atomic E-state index is 0.0471. The summed E-state index contributed by atoms with van der Waals surface area (Å²) in [5.41, 5.74) is 5.33. The molecule has 0 aromatic rings. The number of carbonyl (C=O) groups excluding carboxylic acids is 2. The zero-order chi connectivity index (χ0) is 37.5. The highest BCUT2D eigenvalue weighted by Crippen LogP contribution is 2.43. The third kappa shape index (κ3) is 37.5. The number of hydrogen-bond acceptors (Lipinski definition) is 8. The highest BCUT2D eigenvalue weighted by atomic mass is 31.2. The Morgan fingerprint density at radius 3 is 1.61 bits per heavy atom. The largest absolute Gasteiger partial charge is 0.472 e. The summed E-state index contributed by atoms with van der Waals surface area (Å²) in [6.45, 7) is 3.56. The lowest BCUT2D eigenvalue weighted by Gasteiger charge is -2.19. The number of rotatable bonds is 37. The van der Waals surface area contributed by atoms with Gasteiger partial charge in [0.2, 0.25) is 0 Å². The van der Waals surface area contributed by atoms with E-state index in [9.17, 15) is 19.0 Å². The summed E-state index contributed by atoms with van der Waals surface area (Å²) in [6.07, 6.45) is 41.4. The van der Waals surface area contributed by atoms with E-state index in [1.165, 1.54) is 70.6 Å². The molecule has 0 aromatic heterocycles. The Hall–Kier alpha value is -2.03. The normalized spacial score (nSPS) is 13.9. The average molecular weight is 740 g/mol. The summed E-state index contributed by atoms with van der Waals surface area (Å²) in [4.78, 5) is 34.8. The van der Waals surface area contributed by atoms with Crippen molar-refractivity contribution >= 4 is 19.8 Å². The summed E-state index contributed by atoms with van der Waals surface area (Å²) >= 11 is 0. The lowest BCUT2D eigenvalue weighted by atomic mass is 10.0. The van der Waals surface area contributed by atoms with E-state index in [1.54, 1.807) is 0 Å². The van der Waals surface area contributed by atoms with Gasteiger partial charge in [0.25, 0.3) is 0 Å². The summed E-state index contributed by atoms with van der Waals surface area (Å²) in [7, 11) is -4.38. The topological polar surface area (TPSA) is 134 Å². The first-order chi connectivity index (χ1) is 24.8. The summed E-state index contributed by atoms with van der Waals surface area (Å²) in [5.74, 6) is -0.877. The van der Waals surface area contributed by atoms with Crippen molar-refractivity contribution in [2.75, 3.05) is 26.4 Å². The Kier molecular flexibility index (Phi) is 36.2. The second-order valence-corrected chi connectivity index (χ2v) is 14.6. The van der Waals surface area contributed by atoms with E-state index in [0.29, 0.717) is 12.8 Å². The zero-order valence-corrected chi connectivity index (χ0v) is 33.2. The lowest BCUT2D eigenvalue weighted by molar-refractivity contribution is -0.161. The number of hydrogen-bond donors (Lipinski definition) is 2. The van der Waals surface area contributed by atoms with Crippen LogP contribution >= 0.6 is 7.82 Å². The van der Waals surface area contributed by atoms with Crippen molar-refractivity contribution < 1.29 is 37.6 Å². The van der Waals surface area contributed by atoms with Crippen LogP contribution in [0.4, 0.5) is 0 Å². The molecule has 0 aromatic carbocycles. The quantitative estimate of drug-likeness (QED) is 0.0276. The molecule has 10 heteroatoms. The summed E-state index contributed by atoms with van der Waals surface area (Å²) < 4.78 is 32.7. The van der Waals surface area contributed by atoms with Crippen LogP contribution in [-0.4, -0.2) is 49.3 Å². The first-order valence-electron chi connectivity index (χ1n) is 20.1. The number of nitrogens with two attached hydrogens (primary N) is 1. The Balaban J connectivity index is 4.26. The van der Waals surface area contributed by atoms with E-state index in [0.717, 1.165) is 57.8 Å². The van der Waals surface area contributed by atoms with Gasteiger partial charge in [-0.15, -0.1) is 0 Å². The fraction of sp³-hybridized carbons (Fsp3) is 0.756. The van der Waals surface area contributed by atoms with Crippen molar-refractivity contribution in [2.24, 2.45) is 5.73 Å². The number of ether oxygens (including phenoxy) is 2. The van der Waals surface area contributed by atoms with Crippen LogP contribution in [0.2, 0.25) is 0 Å². The predicted molar refractivity (Wildman–Crippen MR) is 210 cm³/mol. The molecule has 3 N–H and O–H groups in total. The molecule has 0 spiro atoms. The molecule has 0 saturated heterocycles. The molecule has 0 saturated carbocycles. The molecular formula is C41H74NO8P. The lowest BCUT2D eigenvalue weighted by Crippen LogP contribution is -2.29. The Labute approximate surface area is 311 Å². The number of esters is 2. The summed E-state index contributed by atoms with van der Waals surface area (Å²) in [5, 5.41) is 0. The molecule has 0 amide bonds. The van der Waals surface area contributed by atoms with E-state index in [1.807, 2.05) is 0 Å². The van der Waals surface area contributed by atoms with Crippen LogP contribution in [-0.2, 0) is 32.7 Å². The van der Waals surface area contributed by atoms with Crippen molar-refractivity contribution in [3.8, 4) is 0 Å². The monoisotopic (exact) mass is 740 g/mol. The smallest absolute Gasteiger partial charge is 0.462 e. The maximum Gasteiger partial charge on any atom is 0.472 e. The van der Waals surface area contributed by atoms with Crippen molar-refractivity contribution in [2.45, 2.75) is 174 Å². The van der Waals surface area contributed by atoms with Crippen molar-refractivity contribution in [1.82, 2.24) is 0 Å². The van der Waals surface area contributed by atoms with Crippen LogP contribution in [0, 0.1) is 0 Å². The maximum absolute atomic E-state index is 12.5. The van der Waals surface area contributed by atoms with Gasteiger partial charge >= 0.3 is 19.8 Å². The number of phosphoric acid groups is 1. The van der Waals surface area contributed by atoms with E-state index in [2.05, 4.69) is 62.5 Å². The second kappa shape index (κ2) is 37.7. The average Bonchev–Trinajstić information content (AvgIpc) is 3.11. The van der Waals surface area contributed by atoms with Gasteiger partial charge in [-0.1, -0.05) is 152 Å². The first-order valence-corrected chi connectivity index (χ1v) is 21.6. The maximum atomic E-state index is 12.5. The number of unbranched alkanes of at least 4 members (excludes halogenated alkanes) is 16. The van der Waals surface area contributed by atoms with Crippen molar-refractivity contribution in [1.29, 1.82) is 0 Å². The Bertz CT molecular complexity index is 981. The van der Waals surface area contributed by atoms with Gasteiger partial charge in [-0.25, -0.2) is 4.57 Å². The van der Waals surface area contributed by atoms with Crippen LogP contribution in [0.25, 0.3) is 0 Å². The summed E-state index contributed by atoms with van der Waals surface area (Å²) in [6, 6.07) is 0. The van der Waals surface area contributed by atoms with Crippen LogP contribution in [0.1, 0.15) is 168 Å². The fourth-order valence-corrected chi connectivity index (χ4v) is 6.04. The van der Waals surface area contributed by atoms with Crippen LogP contribution < -0.4 is 5.73 Å². The number of phosphoric ester groups is 1. The molecule has 2 atom stereocenters. The van der Waals surface area contributed by atoms with Gasteiger partial charge in [-0.3, -0.25) is 18.6 Å². The van der Waals surface area contributed by atoms with Gasteiger partial charge in [0.1, 0.15) is 6.61 Å². The molecule has 51 heavy (non-hydrogen) atoms. The van der Waals surface area contributed by atoms with Crippen LogP contribution in [0.15, 0.2) is 48.6 Å². The van der Waals surface area contributed by atoms with Crippen molar-refractivity contribution in [3.05, 3.63) is 48.6 Å². The molecule has 0 rings (SSSR count). The fourth-order valence-electron chi connectivity index (χ4n) is 5.27. The molecule has 0 aliphatic carbocycles. The van der Waals surface area contributed by atoms with Gasteiger partial charge in [0, 0.05) is 19.4 Å². The van der Waals surface area contributed by atoms with Gasteiger partial charge in [0.15, 0.2) is 6.10 Å². The van der Waals surface area contributed by atoms with E-state index in [-0.39, 0.29) is 32.6 Å². The van der Waals surface area contributed by atoms with Gasteiger partial charge in [0.05, 0.1) is 13.2 Å². The van der Waals surface area contributed by atoms with Crippen LogP contribution in [0.5, 0.6) is 0 Å². The molecule has 9 nitrogen and oxygen atoms in total. The standard InChI is InChI=1S/C41H74NO8P/c1-3-5-7-9-11-13-15-17-19-21-23-25-27-29-31-33-40(43)47-37-39(38-49-51(45,46)48-36-35-42)50-41(44)34-32-30-28-26-24-22-20-18-16-14-12-10-8-6-4-2/h5,7,11,13,17,19,23,25,39H,3-4,6,8-10,12,14-16,18,20-22,24,26-38,42H2,1-2H3,(H,45,46)/t39-/m1/s1. The Morgan fingerprint density at radius 1 is 0.608 bits per heavy atom. The third-order valence-electron chi connectivity index (χ3n) is 8.23. The molecule has 0 aliphatic heterocycles. The molecule has 296 valence electrons. The van der Waals surface area contributed by atoms with E-state index >= 15 is 0 Å². The predicted octanol–water partition coefficient (Wildman–Crippen LogP) is 11.2. The van der Waals surface area contributed by atoms with E-state index < -0.39 is 32.5 Å². The highest BCUT2D eigenvalue weighted by Gasteiger charge is 2.25.